The molecule has 6 heteroatoms. The summed E-state index contributed by atoms with van der Waals surface area (Å²) in [6, 6.07) is 16.7. The summed E-state index contributed by atoms with van der Waals surface area (Å²) in [6.07, 6.45) is 6.95. The lowest BCUT2D eigenvalue weighted by Gasteiger charge is -2.28. The minimum Gasteiger partial charge on any atom is -0.341 e. The quantitative estimate of drug-likeness (QED) is 0.547. The highest BCUT2D eigenvalue weighted by Crippen LogP contribution is 2.33. The lowest BCUT2D eigenvalue weighted by Crippen LogP contribution is -2.34. The van der Waals surface area contributed by atoms with Crippen molar-refractivity contribution in [2.45, 2.75) is 44.7 Å². The van der Waals surface area contributed by atoms with Gasteiger partial charge in [0.2, 0.25) is 5.95 Å². The molecule has 2 aromatic carbocycles. The first-order valence-electron chi connectivity index (χ1n) is 11.4. The summed E-state index contributed by atoms with van der Waals surface area (Å²) >= 11 is 0. The van der Waals surface area contributed by atoms with Crippen molar-refractivity contribution in [3.05, 3.63) is 77.7 Å². The first-order chi connectivity index (χ1) is 15.7. The molecule has 0 atom stereocenters. The first kappa shape index (κ1) is 20.6. The fraction of sp³-hybridized carbons (Fsp3) is 0.346. The van der Waals surface area contributed by atoms with E-state index in [1.165, 1.54) is 12.5 Å². The third-order valence-electron chi connectivity index (χ3n) is 6.22. The summed E-state index contributed by atoms with van der Waals surface area (Å²) < 4.78 is 14.8. The van der Waals surface area contributed by atoms with E-state index >= 15 is 0 Å². The number of rotatable bonds is 6. The van der Waals surface area contributed by atoms with Crippen LogP contribution >= 0.6 is 0 Å². The Morgan fingerprint density at radius 1 is 1.00 bits per heavy atom. The maximum atomic E-state index is 14.8. The number of carbonyl (C=O) groups is 1. The van der Waals surface area contributed by atoms with Crippen molar-refractivity contribution < 1.29 is 9.18 Å². The SMILES string of the molecule is O=C(c1cnc(N2CCCCC2)nc1-c1ccccc1F)N(Cc1ccccc1)C1CC1. The maximum absolute atomic E-state index is 14.8. The number of hydrogen-bond donors (Lipinski definition) is 0. The fourth-order valence-corrected chi connectivity index (χ4v) is 4.32. The molecule has 164 valence electrons. The second kappa shape index (κ2) is 9.07. The molecule has 2 heterocycles. The Bertz CT molecular complexity index is 1090. The third-order valence-corrected chi connectivity index (χ3v) is 6.22. The predicted octanol–water partition coefficient (Wildman–Crippen LogP) is 5.08. The Morgan fingerprint density at radius 3 is 2.44 bits per heavy atom. The highest BCUT2D eigenvalue weighted by molar-refractivity contribution is 6.00. The van der Waals surface area contributed by atoms with Crippen molar-refractivity contribution in [2.24, 2.45) is 0 Å². The van der Waals surface area contributed by atoms with Crippen LogP contribution in [0.25, 0.3) is 11.3 Å². The topological polar surface area (TPSA) is 49.3 Å². The zero-order valence-corrected chi connectivity index (χ0v) is 18.1. The molecule has 0 radical (unpaired) electrons. The van der Waals surface area contributed by atoms with E-state index in [1.54, 1.807) is 24.4 Å². The van der Waals surface area contributed by atoms with Gasteiger partial charge in [0.25, 0.3) is 5.91 Å². The van der Waals surface area contributed by atoms with Gasteiger partial charge in [-0.2, -0.15) is 0 Å². The fourth-order valence-electron chi connectivity index (χ4n) is 4.32. The lowest BCUT2D eigenvalue weighted by molar-refractivity contribution is 0.0730. The molecule has 1 saturated carbocycles. The van der Waals surface area contributed by atoms with Crippen molar-refractivity contribution >= 4 is 11.9 Å². The molecule has 0 unspecified atom stereocenters. The zero-order valence-electron chi connectivity index (χ0n) is 18.1. The van der Waals surface area contributed by atoms with E-state index in [-0.39, 0.29) is 17.8 Å². The van der Waals surface area contributed by atoms with Gasteiger partial charge in [-0.1, -0.05) is 42.5 Å². The van der Waals surface area contributed by atoms with E-state index in [1.807, 2.05) is 35.2 Å². The van der Waals surface area contributed by atoms with Gasteiger partial charge < -0.3 is 9.80 Å². The lowest BCUT2D eigenvalue weighted by atomic mass is 10.0. The molecule has 0 spiro atoms. The van der Waals surface area contributed by atoms with E-state index < -0.39 is 0 Å². The summed E-state index contributed by atoms with van der Waals surface area (Å²) in [6.45, 7) is 2.29. The molecule has 1 aromatic heterocycles. The molecule has 5 rings (SSSR count). The van der Waals surface area contributed by atoms with E-state index in [0.717, 1.165) is 44.3 Å². The predicted molar refractivity (Wildman–Crippen MR) is 123 cm³/mol. The van der Waals surface area contributed by atoms with Crippen LogP contribution in [0.1, 0.15) is 48.0 Å². The van der Waals surface area contributed by atoms with Crippen LogP contribution < -0.4 is 4.90 Å². The Hall–Kier alpha value is -3.28. The molecule has 3 aromatic rings. The molecule has 1 amide bonds. The molecule has 1 aliphatic carbocycles. The van der Waals surface area contributed by atoms with Crippen LogP contribution in [0.15, 0.2) is 60.8 Å². The summed E-state index contributed by atoms with van der Waals surface area (Å²) in [5.41, 5.74) is 2.15. The van der Waals surface area contributed by atoms with E-state index in [4.69, 9.17) is 4.98 Å². The molecule has 0 bridgehead atoms. The summed E-state index contributed by atoms with van der Waals surface area (Å²) in [5.74, 6) is 0.0474. The number of amides is 1. The molecule has 2 aliphatic rings. The summed E-state index contributed by atoms with van der Waals surface area (Å²) in [4.78, 5) is 27.0. The monoisotopic (exact) mass is 430 g/mol. The Labute approximate surface area is 187 Å². The van der Waals surface area contributed by atoms with Crippen molar-refractivity contribution in [2.75, 3.05) is 18.0 Å². The zero-order chi connectivity index (χ0) is 21.9. The minimum absolute atomic E-state index is 0.139. The summed E-state index contributed by atoms with van der Waals surface area (Å²) in [7, 11) is 0. The standard InChI is InChI=1S/C26H27FN4O/c27-23-12-6-5-11-21(23)24-22(17-28-26(29-24)30-15-7-2-8-16-30)25(32)31(20-13-14-20)18-19-9-3-1-4-10-19/h1,3-6,9-12,17,20H,2,7-8,13-16,18H2. The number of carbonyl (C=O) groups excluding carboxylic acids is 1. The minimum atomic E-state index is -0.383. The number of halogens is 1. The molecule has 2 fully saturated rings. The Balaban J connectivity index is 1.54. The van der Waals surface area contributed by atoms with Gasteiger partial charge >= 0.3 is 0 Å². The van der Waals surface area contributed by atoms with Crippen LogP contribution in [-0.2, 0) is 6.54 Å². The van der Waals surface area contributed by atoms with Crippen LogP contribution in [0.4, 0.5) is 10.3 Å². The second-order valence-electron chi connectivity index (χ2n) is 8.61. The van der Waals surface area contributed by atoms with Crippen LogP contribution in [0.5, 0.6) is 0 Å². The van der Waals surface area contributed by atoms with Crippen molar-refractivity contribution in [3.63, 3.8) is 0 Å². The van der Waals surface area contributed by atoms with E-state index in [0.29, 0.717) is 29.3 Å². The highest BCUT2D eigenvalue weighted by Gasteiger charge is 2.35. The average Bonchev–Trinajstić information content (AvgIpc) is 3.69. The molecule has 0 N–H and O–H groups in total. The van der Waals surface area contributed by atoms with Gasteiger partial charge in [0.1, 0.15) is 5.82 Å². The van der Waals surface area contributed by atoms with Gasteiger partial charge in [-0.15, -0.1) is 0 Å². The average molecular weight is 431 g/mol. The van der Waals surface area contributed by atoms with Crippen LogP contribution in [0, 0.1) is 5.82 Å². The molecule has 1 saturated heterocycles. The van der Waals surface area contributed by atoms with E-state index in [9.17, 15) is 9.18 Å². The molecule has 5 nitrogen and oxygen atoms in total. The number of nitrogens with zero attached hydrogens (tertiary/aromatic N) is 4. The third kappa shape index (κ3) is 4.35. The number of anilines is 1. The van der Waals surface area contributed by atoms with Gasteiger partial charge in [-0.05, 0) is 49.8 Å². The summed E-state index contributed by atoms with van der Waals surface area (Å²) in [5, 5.41) is 0. The largest absolute Gasteiger partial charge is 0.341 e. The van der Waals surface area contributed by atoms with Gasteiger partial charge in [-0.3, -0.25) is 4.79 Å². The van der Waals surface area contributed by atoms with Gasteiger partial charge in [0, 0.05) is 37.4 Å². The van der Waals surface area contributed by atoms with Crippen molar-refractivity contribution in [1.29, 1.82) is 0 Å². The van der Waals surface area contributed by atoms with Gasteiger partial charge in [0.05, 0.1) is 11.3 Å². The first-order valence-corrected chi connectivity index (χ1v) is 11.4. The van der Waals surface area contributed by atoms with E-state index in [2.05, 4.69) is 9.88 Å². The highest BCUT2D eigenvalue weighted by atomic mass is 19.1. The Kier molecular flexibility index (Phi) is 5.84. The number of piperidine rings is 1. The molecular formula is C26H27FN4O. The van der Waals surface area contributed by atoms with Gasteiger partial charge in [-0.25, -0.2) is 14.4 Å². The second-order valence-corrected chi connectivity index (χ2v) is 8.61. The van der Waals surface area contributed by atoms with Crippen LogP contribution in [-0.4, -0.2) is 39.9 Å². The van der Waals surface area contributed by atoms with Crippen LogP contribution in [0.2, 0.25) is 0 Å². The number of hydrogen-bond acceptors (Lipinski definition) is 4. The van der Waals surface area contributed by atoms with Crippen molar-refractivity contribution in [1.82, 2.24) is 14.9 Å². The maximum Gasteiger partial charge on any atom is 0.258 e. The molecular weight excluding hydrogens is 403 g/mol. The van der Waals surface area contributed by atoms with Crippen LogP contribution in [0.3, 0.4) is 0 Å². The molecule has 1 aliphatic heterocycles. The normalized spacial score (nSPS) is 16.1. The number of benzene rings is 2. The number of aromatic nitrogens is 2. The smallest absolute Gasteiger partial charge is 0.258 e. The van der Waals surface area contributed by atoms with Gasteiger partial charge in [0.15, 0.2) is 0 Å². The van der Waals surface area contributed by atoms with Crippen molar-refractivity contribution in [3.8, 4) is 11.3 Å². The molecule has 32 heavy (non-hydrogen) atoms. The Morgan fingerprint density at radius 2 is 1.72 bits per heavy atom.